The summed E-state index contributed by atoms with van der Waals surface area (Å²) in [4.78, 5) is 42.5. The number of anilines is 1. The van der Waals surface area contributed by atoms with E-state index in [4.69, 9.17) is 0 Å². The zero-order valence-electron chi connectivity index (χ0n) is 15.7. The first kappa shape index (κ1) is 18.8. The van der Waals surface area contributed by atoms with Crippen LogP contribution in [0.15, 0.2) is 36.0 Å². The molecule has 2 aromatic heterocycles. The SMILES string of the molecule is O=C(CN1CCN(c2ncccn2)CC1)N1CCN(C(=O)c2cccs2)CC1. The first-order chi connectivity index (χ1) is 13.7. The molecule has 2 amide bonds. The molecule has 4 rings (SSSR count). The Hall–Kier alpha value is -2.52. The van der Waals surface area contributed by atoms with Gasteiger partial charge in [-0.05, 0) is 17.5 Å². The van der Waals surface area contributed by atoms with Gasteiger partial charge in [0.25, 0.3) is 5.91 Å². The van der Waals surface area contributed by atoms with Crippen molar-refractivity contribution in [1.29, 1.82) is 0 Å². The van der Waals surface area contributed by atoms with Crippen LogP contribution in [0, 0.1) is 0 Å². The highest BCUT2D eigenvalue weighted by molar-refractivity contribution is 7.12. The third kappa shape index (κ3) is 4.31. The van der Waals surface area contributed by atoms with Gasteiger partial charge < -0.3 is 14.7 Å². The third-order valence-electron chi connectivity index (χ3n) is 5.22. The summed E-state index contributed by atoms with van der Waals surface area (Å²) in [6.45, 7) is 6.12. The number of thiophene rings is 1. The molecule has 0 spiro atoms. The molecule has 8 nitrogen and oxygen atoms in total. The molecule has 0 aliphatic carbocycles. The average molecular weight is 401 g/mol. The standard InChI is InChI=1S/C19H24N6O2S/c26-17(15-22-6-8-25(9-7-22)19-20-4-2-5-21-19)23-10-12-24(13-11-23)18(27)16-3-1-14-28-16/h1-5,14H,6-13,15H2. The quantitative estimate of drug-likeness (QED) is 0.750. The predicted octanol–water partition coefficient (Wildman–Crippen LogP) is 0.645. The third-order valence-corrected chi connectivity index (χ3v) is 6.08. The van der Waals surface area contributed by atoms with Gasteiger partial charge in [0.2, 0.25) is 11.9 Å². The largest absolute Gasteiger partial charge is 0.338 e. The maximum Gasteiger partial charge on any atom is 0.264 e. The Balaban J connectivity index is 1.22. The van der Waals surface area contributed by atoms with Crippen LogP contribution in [-0.4, -0.2) is 95.4 Å². The van der Waals surface area contributed by atoms with Crippen LogP contribution < -0.4 is 4.90 Å². The van der Waals surface area contributed by atoms with Crippen LogP contribution in [0.3, 0.4) is 0 Å². The Kier molecular flexibility index (Phi) is 5.82. The van der Waals surface area contributed by atoms with Crippen LogP contribution in [0.4, 0.5) is 5.95 Å². The monoisotopic (exact) mass is 400 g/mol. The van der Waals surface area contributed by atoms with Crippen molar-refractivity contribution in [2.45, 2.75) is 0 Å². The lowest BCUT2D eigenvalue weighted by atomic mass is 10.2. The fourth-order valence-electron chi connectivity index (χ4n) is 3.57. The molecular formula is C19H24N6O2S. The molecule has 0 bridgehead atoms. The van der Waals surface area contributed by atoms with E-state index in [-0.39, 0.29) is 11.8 Å². The number of carbonyl (C=O) groups is 2. The number of hydrogen-bond acceptors (Lipinski definition) is 7. The minimum atomic E-state index is 0.0707. The van der Waals surface area contributed by atoms with E-state index in [1.807, 2.05) is 33.4 Å². The zero-order valence-corrected chi connectivity index (χ0v) is 16.6. The van der Waals surface area contributed by atoms with Gasteiger partial charge in [-0.25, -0.2) is 9.97 Å². The van der Waals surface area contributed by atoms with Crippen molar-refractivity contribution in [3.8, 4) is 0 Å². The lowest BCUT2D eigenvalue weighted by molar-refractivity contribution is -0.134. The number of hydrogen-bond donors (Lipinski definition) is 0. The molecule has 0 N–H and O–H groups in total. The minimum Gasteiger partial charge on any atom is -0.338 e. The van der Waals surface area contributed by atoms with Crippen molar-refractivity contribution >= 4 is 29.1 Å². The lowest BCUT2D eigenvalue weighted by Gasteiger charge is -2.37. The molecule has 0 radical (unpaired) electrons. The van der Waals surface area contributed by atoms with E-state index in [2.05, 4.69) is 19.8 Å². The number of aromatic nitrogens is 2. The Morgan fingerprint density at radius 3 is 2.21 bits per heavy atom. The summed E-state index contributed by atoms with van der Waals surface area (Å²) in [5.41, 5.74) is 0. The molecule has 2 aliphatic rings. The van der Waals surface area contributed by atoms with Gasteiger partial charge in [0.15, 0.2) is 0 Å². The molecule has 2 aromatic rings. The number of amides is 2. The van der Waals surface area contributed by atoms with Crippen LogP contribution in [0.2, 0.25) is 0 Å². The van der Waals surface area contributed by atoms with Crippen molar-refractivity contribution in [3.63, 3.8) is 0 Å². The van der Waals surface area contributed by atoms with E-state index in [0.717, 1.165) is 37.0 Å². The maximum absolute atomic E-state index is 12.7. The van der Waals surface area contributed by atoms with Crippen molar-refractivity contribution in [3.05, 3.63) is 40.8 Å². The van der Waals surface area contributed by atoms with Gasteiger partial charge in [-0.1, -0.05) is 6.07 Å². The number of carbonyl (C=O) groups excluding carboxylic acids is 2. The summed E-state index contributed by atoms with van der Waals surface area (Å²) in [5, 5.41) is 1.91. The molecule has 0 atom stereocenters. The van der Waals surface area contributed by atoms with Crippen molar-refractivity contribution < 1.29 is 9.59 Å². The fraction of sp³-hybridized carbons (Fsp3) is 0.474. The molecule has 2 fully saturated rings. The van der Waals surface area contributed by atoms with Gasteiger partial charge in [0.05, 0.1) is 11.4 Å². The van der Waals surface area contributed by atoms with E-state index >= 15 is 0 Å². The lowest BCUT2D eigenvalue weighted by Crippen LogP contribution is -2.54. The summed E-state index contributed by atoms with van der Waals surface area (Å²) in [6.07, 6.45) is 3.50. The average Bonchev–Trinajstić information content (AvgIpc) is 3.29. The molecule has 2 saturated heterocycles. The second kappa shape index (κ2) is 8.66. The van der Waals surface area contributed by atoms with Gasteiger partial charge in [-0.2, -0.15) is 0 Å². The predicted molar refractivity (Wildman–Crippen MR) is 107 cm³/mol. The fourth-order valence-corrected chi connectivity index (χ4v) is 4.26. The van der Waals surface area contributed by atoms with E-state index in [0.29, 0.717) is 32.7 Å². The molecule has 148 valence electrons. The molecule has 0 saturated carbocycles. The Bertz CT molecular complexity index is 784. The summed E-state index contributed by atoms with van der Waals surface area (Å²) >= 11 is 1.46. The highest BCUT2D eigenvalue weighted by Crippen LogP contribution is 2.14. The summed E-state index contributed by atoms with van der Waals surface area (Å²) in [6, 6.07) is 5.55. The smallest absolute Gasteiger partial charge is 0.264 e. The molecule has 0 unspecified atom stereocenters. The highest BCUT2D eigenvalue weighted by atomic mass is 32.1. The topological polar surface area (TPSA) is 72.9 Å². The highest BCUT2D eigenvalue weighted by Gasteiger charge is 2.27. The van der Waals surface area contributed by atoms with Gasteiger partial charge in [-0.3, -0.25) is 14.5 Å². The first-order valence-electron chi connectivity index (χ1n) is 9.55. The van der Waals surface area contributed by atoms with Crippen LogP contribution in [0.5, 0.6) is 0 Å². The van der Waals surface area contributed by atoms with Crippen molar-refractivity contribution in [2.75, 3.05) is 63.8 Å². The molecular weight excluding hydrogens is 376 g/mol. The molecule has 2 aliphatic heterocycles. The van der Waals surface area contributed by atoms with Gasteiger partial charge in [-0.15, -0.1) is 11.3 Å². The molecule has 0 aromatic carbocycles. The van der Waals surface area contributed by atoms with Gasteiger partial charge in [0.1, 0.15) is 0 Å². The van der Waals surface area contributed by atoms with Gasteiger partial charge >= 0.3 is 0 Å². The summed E-state index contributed by atoms with van der Waals surface area (Å²) < 4.78 is 0. The second-order valence-electron chi connectivity index (χ2n) is 6.96. The summed E-state index contributed by atoms with van der Waals surface area (Å²) in [7, 11) is 0. The Labute approximate surface area is 168 Å². The van der Waals surface area contributed by atoms with E-state index in [1.165, 1.54) is 11.3 Å². The Morgan fingerprint density at radius 1 is 0.893 bits per heavy atom. The zero-order chi connectivity index (χ0) is 19.3. The minimum absolute atomic E-state index is 0.0707. The summed E-state index contributed by atoms with van der Waals surface area (Å²) in [5.74, 6) is 0.967. The number of piperazine rings is 2. The van der Waals surface area contributed by atoms with E-state index in [1.54, 1.807) is 12.4 Å². The normalized spacial score (nSPS) is 18.4. The van der Waals surface area contributed by atoms with E-state index in [9.17, 15) is 9.59 Å². The van der Waals surface area contributed by atoms with Crippen molar-refractivity contribution in [1.82, 2.24) is 24.7 Å². The maximum atomic E-state index is 12.7. The van der Waals surface area contributed by atoms with Gasteiger partial charge in [0, 0.05) is 64.8 Å². The number of rotatable bonds is 4. The van der Waals surface area contributed by atoms with Crippen LogP contribution >= 0.6 is 11.3 Å². The van der Waals surface area contributed by atoms with Crippen LogP contribution in [0.1, 0.15) is 9.67 Å². The second-order valence-corrected chi connectivity index (χ2v) is 7.91. The Morgan fingerprint density at radius 2 is 1.57 bits per heavy atom. The van der Waals surface area contributed by atoms with Crippen LogP contribution in [-0.2, 0) is 4.79 Å². The first-order valence-corrected chi connectivity index (χ1v) is 10.4. The van der Waals surface area contributed by atoms with Crippen LogP contribution in [0.25, 0.3) is 0 Å². The molecule has 9 heteroatoms. The van der Waals surface area contributed by atoms with E-state index < -0.39 is 0 Å². The van der Waals surface area contributed by atoms with Crippen molar-refractivity contribution in [2.24, 2.45) is 0 Å². The molecule has 4 heterocycles. The molecule has 28 heavy (non-hydrogen) atoms. The number of nitrogens with zero attached hydrogens (tertiary/aromatic N) is 6.